The molecule has 112 valence electrons. The van der Waals surface area contributed by atoms with E-state index >= 15 is 0 Å². The Morgan fingerprint density at radius 3 is 2.70 bits per heavy atom. The molecule has 1 atom stereocenters. The number of benzene rings is 1. The molecule has 7 heteroatoms. The van der Waals surface area contributed by atoms with Crippen LogP contribution in [-0.4, -0.2) is 25.3 Å². The van der Waals surface area contributed by atoms with Gasteiger partial charge < -0.3 is 5.73 Å². The number of hydrogen-bond acceptors (Lipinski definition) is 3. The number of rotatable bonds is 3. The van der Waals surface area contributed by atoms with E-state index in [1.165, 1.54) is 4.31 Å². The van der Waals surface area contributed by atoms with Crippen LogP contribution in [0.4, 0.5) is 14.5 Å². The molecular weight excluding hydrogens is 286 g/mol. The third-order valence-electron chi connectivity index (χ3n) is 3.72. The van der Waals surface area contributed by atoms with Crippen LogP contribution in [0.1, 0.15) is 32.6 Å². The normalized spacial score (nSPS) is 21.1. The predicted octanol–water partition coefficient (Wildman–Crippen LogP) is 2.50. The molecule has 1 fully saturated rings. The van der Waals surface area contributed by atoms with E-state index in [0.29, 0.717) is 13.0 Å². The van der Waals surface area contributed by atoms with Gasteiger partial charge in [-0.25, -0.2) is 17.2 Å². The van der Waals surface area contributed by atoms with E-state index in [1.54, 1.807) is 0 Å². The lowest BCUT2D eigenvalue weighted by Crippen LogP contribution is -2.43. The minimum absolute atomic E-state index is 0.139. The highest BCUT2D eigenvalue weighted by atomic mass is 32.2. The van der Waals surface area contributed by atoms with Gasteiger partial charge in [-0.1, -0.05) is 13.3 Å². The summed E-state index contributed by atoms with van der Waals surface area (Å²) in [7, 11) is -3.98. The molecule has 2 N–H and O–H groups in total. The molecule has 0 spiro atoms. The molecule has 2 rings (SSSR count). The Hall–Kier alpha value is -1.21. The molecule has 1 heterocycles. The number of piperidine rings is 1. The van der Waals surface area contributed by atoms with Crippen LogP contribution in [0.25, 0.3) is 0 Å². The summed E-state index contributed by atoms with van der Waals surface area (Å²) in [6.45, 7) is 2.26. The first-order valence-corrected chi connectivity index (χ1v) is 8.09. The lowest BCUT2D eigenvalue weighted by atomic mass is 10.0. The Kier molecular flexibility index (Phi) is 4.29. The maximum atomic E-state index is 14.0. The SMILES string of the molecule is CCC1CCCCN1S(=O)(=O)c1ccc(F)c(N)c1F. The van der Waals surface area contributed by atoms with Crippen molar-refractivity contribution in [3.63, 3.8) is 0 Å². The molecule has 1 saturated heterocycles. The second-order valence-corrected chi connectivity index (χ2v) is 6.81. The maximum Gasteiger partial charge on any atom is 0.246 e. The fraction of sp³-hybridized carbons (Fsp3) is 0.538. The number of nitrogens with two attached hydrogens (primary N) is 1. The Labute approximate surface area is 117 Å². The Morgan fingerprint density at radius 2 is 2.05 bits per heavy atom. The van der Waals surface area contributed by atoms with Crippen molar-refractivity contribution < 1.29 is 17.2 Å². The van der Waals surface area contributed by atoms with E-state index in [0.717, 1.165) is 31.4 Å². The summed E-state index contributed by atoms with van der Waals surface area (Å²) in [5, 5.41) is 0. The van der Waals surface area contributed by atoms with Crippen LogP contribution in [0.5, 0.6) is 0 Å². The molecule has 0 radical (unpaired) electrons. The lowest BCUT2D eigenvalue weighted by molar-refractivity contribution is 0.246. The third-order valence-corrected chi connectivity index (χ3v) is 5.69. The molecule has 0 bridgehead atoms. The van der Waals surface area contributed by atoms with Gasteiger partial charge in [-0.05, 0) is 31.4 Å². The van der Waals surface area contributed by atoms with Crippen LogP contribution in [-0.2, 0) is 10.0 Å². The monoisotopic (exact) mass is 304 g/mol. The molecule has 1 aromatic carbocycles. The van der Waals surface area contributed by atoms with Gasteiger partial charge in [0, 0.05) is 12.6 Å². The molecule has 1 unspecified atom stereocenters. The van der Waals surface area contributed by atoms with Gasteiger partial charge in [0.15, 0.2) is 5.82 Å². The Bertz CT molecular complexity index is 605. The molecule has 0 amide bonds. The summed E-state index contributed by atoms with van der Waals surface area (Å²) in [5.74, 6) is -2.16. The number of nitrogen functional groups attached to an aromatic ring is 1. The molecule has 1 aromatic rings. The number of sulfonamides is 1. The topological polar surface area (TPSA) is 63.4 Å². The summed E-state index contributed by atoms with van der Waals surface area (Å²) < 4.78 is 53.5. The van der Waals surface area contributed by atoms with Gasteiger partial charge in [0.1, 0.15) is 16.4 Å². The zero-order chi connectivity index (χ0) is 14.9. The number of nitrogens with zero attached hydrogens (tertiary/aromatic N) is 1. The molecule has 4 nitrogen and oxygen atoms in total. The van der Waals surface area contributed by atoms with E-state index < -0.39 is 32.2 Å². The van der Waals surface area contributed by atoms with E-state index in [4.69, 9.17) is 5.73 Å². The van der Waals surface area contributed by atoms with Crippen molar-refractivity contribution in [3.05, 3.63) is 23.8 Å². The summed E-state index contributed by atoms with van der Waals surface area (Å²) in [5.41, 5.74) is 4.49. The fourth-order valence-corrected chi connectivity index (χ4v) is 4.42. The lowest BCUT2D eigenvalue weighted by Gasteiger charge is -2.34. The summed E-state index contributed by atoms with van der Waals surface area (Å²) in [6, 6.07) is 1.69. The molecule has 0 aliphatic carbocycles. The highest BCUT2D eigenvalue weighted by Gasteiger charge is 2.35. The van der Waals surface area contributed by atoms with Gasteiger partial charge >= 0.3 is 0 Å². The van der Waals surface area contributed by atoms with Gasteiger partial charge in [0.2, 0.25) is 10.0 Å². The van der Waals surface area contributed by atoms with Crippen molar-refractivity contribution in [3.8, 4) is 0 Å². The molecular formula is C13H18F2N2O2S. The quantitative estimate of drug-likeness (QED) is 0.873. The van der Waals surface area contributed by atoms with E-state index in [9.17, 15) is 17.2 Å². The zero-order valence-corrected chi connectivity index (χ0v) is 12.1. The van der Waals surface area contributed by atoms with Crippen LogP contribution < -0.4 is 5.73 Å². The fourth-order valence-electron chi connectivity index (χ4n) is 2.57. The van der Waals surface area contributed by atoms with Crippen molar-refractivity contribution in [2.24, 2.45) is 0 Å². The maximum absolute atomic E-state index is 14.0. The molecule has 20 heavy (non-hydrogen) atoms. The molecule has 0 aromatic heterocycles. The highest BCUT2D eigenvalue weighted by molar-refractivity contribution is 7.89. The van der Waals surface area contributed by atoms with Crippen LogP contribution >= 0.6 is 0 Å². The minimum atomic E-state index is -3.98. The second kappa shape index (κ2) is 5.65. The summed E-state index contributed by atoms with van der Waals surface area (Å²) in [4.78, 5) is -0.545. The number of anilines is 1. The standard InChI is InChI=1S/C13H18F2N2O2S/c1-2-9-5-3-4-8-17(9)20(18,19)11-7-6-10(14)13(16)12(11)15/h6-7,9H,2-5,8,16H2,1H3. The summed E-state index contributed by atoms with van der Waals surface area (Å²) in [6.07, 6.45) is 3.12. The Balaban J connectivity index is 2.47. The third kappa shape index (κ3) is 2.52. The van der Waals surface area contributed by atoms with Gasteiger partial charge in [-0.15, -0.1) is 0 Å². The smallest absolute Gasteiger partial charge is 0.246 e. The largest absolute Gasteiger partial charge is 0.394 e. The molecule has 1 aliphatic rings. The minimum Gasteiger partial charge on any atom is -0.394 e. The average molecular weight is 304 g/mol. The highest BCUT2D eigenvalue weighted by Crippen LogP contribution is 2.30. The van der Waals surface area contributed by atoms with Crippen LogP contribution in [0.15, 0.2) is 17.0 Å². The second-order valence-electron chi connectivity index (χ2n) is 4.95. The average Bonchev–Trinajstić information content (AvgIpc) is 2.44. The first-order valence-electron chi connectivity index (χ1n) is 6.65. The molecule has 1 aliphatic heterocycles. The molecule has 0 saturated carbocycles. The number of hydrogen-bond donors (Lipinski definition) is 1. The first kappa shape index (κ1) is 15.2. The van der Waals surface area contributed by atoms with Gasteiger partial charge in [0.05, 0.1) is 0 Å². The summed E-state index contributed by atoms with van der Waals surface area (Å²) >= 11 is 0. The van der Waals surface area contributed by atoms with Crippen LogP contribution in [0.3, 0.4) is 0 Å². The van der Waals surface area contributed by atoms with Gasteiger partial charge in [-0.3, -0.25) is 0 Å². The van der Waals surface area contributed by atoms with Crippen LogP contribution in [0.2, 0.25) is 0 Å². The first-order chi connectivity index (χ1) is 9.39. The number of halogens is 2. The van der Waals surface area contributed by atoms with Crippen molar-refractivity contribution in [2.45, 2.75) is 43.5 Å². The zero-order valence-electron chi connectivity index (χ0n) is 11.3. The van der Waals surface area contributed by atoms with Gasteiger partial charge in [0.25, 0.3) is 0 Å². The van der Waals surface area contributed by atoms with Crippen LogP contribution in [0, 0.1) is 11.6 Å². The predicted molar refractivity (Wildman–Crippen MR) is 72.6 cm³/mol. The van der Waals surface area contributed by atoms with E-state index in [1.807, 2.05) is 6.92 Å². The van der Waals surface area contributed by atoms with Crippen molar-refractivity contribution >= 4 is 15.7 Å². The van der Waals surface area contributed by atoms with Crippen molar-refractivity contribution in [2.75, 3.05) is 12.3 Å². The Morgan fingerprint density at radius 1 is 1.35 bits per heavy atom. The van der Waals surface area contributed by atoms with Crippen molar-refractivity contribution in [1.82, 2.24) is 4.31 Å². The van der Waals surface area contributed by atoms with Crippen molar-refractivity contribution in [1.29, 1.82) is 0 Å². The van der Waals surface area contributed by atoms with Gasteiger partial charge in [-0.2, -0.15) is 4.31 Å². The van der Waals surface area contributed by atoms with E-state index in [2.05, 4.69) is 0 Å². The van der Waals surface area contributed by atoms with E-state index in [-0.39, 0.29) is 6.04 Å².